The summed E-state index contributed by atoms with van der Waals surface area (Å²) < 4.78 is 25.8. The first-order valence-electron chi connectivity index (χ1n) is 15.2. The molecule has 11 nitrogen and oxygen atoms in total. The standard InChI is InChI=1S/C33H38FN7O4/c1-4-44-33-26(6-5-14-36-33)27-8-10-29(31(38-27)32(43)37-24-20-40(21-24)15-13-30(42)39(2)3)45-25-11-16-41(17-12-25)28-9-7-23(34)18-22(28)19-35/h5-10,14,18,24-25H,4,11-13,15-17,20-21H2,1-3H3,(H,37,43). The zero-order chi connectivity index (χ0) is 31.9. The van der Waals surface area contributed by atoms with E-state index >= 15 is 0 Å². The number of nitrogens with one attached hydrogen (secondary N) is 1. The molecule has 2 aliphatic heterocycles. The maximum absolute atomic E-state index is 13.7. The number of ether oxygens (including phenoxy) is 2. The number of anilines is 1. The van der Waals surface area contributed by atoms with Gasteiger partial charge in [-0.1, -0.05) is 0 Å². The third-order valence-corrected chi connectivity index (χ3v) is 7.99. The third kappa shape index (κ3) is 7.67. The number of hydrogen-bond donors (Lipinski definition) is 1. The van der Waals surface area contributed by atoms with Gasteiger partial charge in [0.05, 0.1) is 35.2 Å². The molecule has 0 aliphatic carbocycles. The number of hydrogen-bond acceptors (Lipinski definition) is 9. The number of amides is 2. The number of pyridine rings is 2. The van der Waals surface area contributed by atoms with E-state index in [0.29, 0.717) is 92.7 Å². The molecule has 3 aromatic rings. The van der Waals surface area contributed by atoms with E-state index in [2.05, 4.69) is 26.2 Å². The van der Waals surface area contributed by atoms with E-state index in [4.69, 9.17) is 14.5 Å². The number of halogens is 1. The quantitative estimate of drug-likeness (QED) is 0.345. The molecular weight excluding hydrogens is 577 g/mol. The molecule has 236 valence electrons. The van der Waals surface area contributed by atoms with Crippen LogP contribution in [0.15, 0.2) is 48.7 Å². The van der Waals surface area contributed by atoms with Gasteiger partial charge in [0.1, 0.15) is 18.0 Å². The minimum atomic E-state index is -0.441. The Hall–Kier alpha value is -4.76. The lowest BCUT2D eigenvalue weighted by Gasteiger charge is -2.39. The fourth-order valence-electron chi connectivity index (χ4n) is 5.53. The fraction of sp³-hybridized carbons (Fsp3) is 0.424. The van der Waals surface area contributed by atoms with Crippen molar-refractivity contribution in [2.24, 2.45) is 0 Å². The van der Waals surface area contributed by atoms with E-state index in [9.17, 15) is 19.2 Å². The van der Waals surface area contributed by atoms with Crippen molar-refractivity contribution in [3.05, 3.63) is 65.7 Å². The van der Waals surface area contributed by atoms with Gasteiger partial charge in [-0.2, -0.15) is 5.26 Å². The molecule has 2 aliphatic rings. The highest BCUT2D eigenvalue weighted by Gasteiger charge is 2.31. The molecule has 0 radical (unpaired) electrons. The van der Waals surface area contributed by atoms with Crippen LogP contribution >= 0.6 is 0 Å². The average molecular weight is 616 g/mol. The van der Waals surface area contributed by atoms with E-state index in [0.717, 1.165) is 0 Å². The lowest BCUT2D eigenvalue weighted by molar-refractivity contribution is -0.129. The molecule has 2 saturated heterocycles. The SMILES string of the molecule is CCOc1ncccc1-c1ccc(OC2CCN(c3ccc(F)cc3C#N)CC2)c(C(=O)NC2CN(CCC(=O)N(C)C)C2)n1. The number of rotatable bonds is 11. The Morgan fingerprint density at radius 3 is 2.64 bits per heavy atom. The van der Waals surface area contributed by atoms with Gasteiger partial charge in [-0.3, -0.25) is 14.5 Å². The summed E-state index contributed by atoms with van der Waals surface area (Å²) in [7, 11) is 3.48. The van der Waals surface area contributed by atoms with Crippen LogP contribution in [0.1, 0.15) is 42.2 Å². The van der Waals surface area contributed by atoms with Crippen LogP contribution in [-0.4, -0.2) is 97.2 Å². The Morgan fingerprint density at radius 1 is 1.16 bits per heavy atom. The van der Waals surface area contributed by atoms with Crippen LogP contribution < -0.4 is 19.7 Å². The number of nitriles is 1. The molecular formula is C33H38FN7O4. The van der Waals surface area contributed by atoms with Crippen molar-refractivity contribution in [3.8, 4) is 29.0 Å². The largest absolute Gasteiger partial charge is 0.488 e. The fourth-order valence-corrected chi connectivity index (χ4v) is 5.53. The summed E-state index contributed by atoms with van der Waals surface area (Å²) in [5.41, 5.74) is 2.38. The van der Waals surface area contributed by atoms with Crippen molar-refractivity contribution in [1.82, 2.24) is 25.1 Å². The van der Waals surface area contributed by atoms with Gasteiger partial charge < -0.3 is 24.6 Å². The van der Waals surface area contributed by atoms with Crippen molar-refractivity contribution in [3.63, 3.8) is 0 Å². The predicted molar refractivity (Wildman–Crippen MR) is 167 cm³/mol. The minimum Gasteiger partial charge on any atom is -0.488 e. The van der Waals surface area contributed by atoms with Crippen LogP contribution in [0.3, 0.4) is 0 Å². The average Bonchev–Trinajstić information content (AvgIpc) is 3.02. The molecule has 4 heterocycles. The number of aromatic nitrogens is 2. The highest BCUT2D eigenvalue weighted by molar-refractivity contribution is 5.96. The van der Waals surface area contributed by atoms with E-state index in [-0.39, 0.29) is 29.7 Å². The molecule has 0 atom stereocenters. The topological polar surface area (TPSA) is 124 Å². The lowest BCUT2D eigenvalue weighted by atomic mass is 10.0. The summed E-state index contributed by atoms with van der Waals surface area (Å²) in [5.74, 6) is 0.0957. The van der Waals surface area contributed by atoms with E-state index in [1.807, 2.05) is 13.0 Å². The second kappa shape index (κ2) is 14.3. The summed E-state index contributed by atoms with van der Waals surface area (Å²) in [6.07, 6.45) is 3.18. The number of benzene rings is 1. The first-order valence-corrected chi connectivity index (χ1v) is 15.2. The van der Waals surface area contributed by atoms with Crippen LogP contribution in [0.2, 0.25) is 0 Å². The van der Waals surface area contributed by atoms with Crippen molar-refractivity contribution in [2.75, 3.05) is 58.3 Å². The molecule has 0 saturated carbocycles. The van der Waals surface area contributed by atoms with Gasteiger partial charge in [0.25, 0.3) is 5.91 Å². The van der Waals surface area contributed by atoms with Crippen molar-refractivity contribution in [1.29, 1.82) is 5.26 Å². The maximum Gasteiger partial charge on any atom is 0.274 e. The van der Waals surface area contributed by atoms with Crippen molar-refractivity contribution in [2.45, 2.75) is 38.3 Å². The number of likely N-dealkylation sites (tertiary alicyclic amines) is 1. The molecule has 0 spiro atoms. The highest BCUT2D eigenvalue weighted by atomic mass is 19.1. The zero-order valence-corrected chi connectivity index (χ0v) is 25.8. The monoisotopic (exact) mass is 615 g/mol. The van der Waals surface area contributed by atoms with Gasteiger partial charge >= 0.3 is 0 Å². The molecule has 1 N–H and O–H groups in total. The van der Waals surface area contributed by atoms with Crippen molar-refractivity contribution >= 4 is 17.5 Å². The van der Waals surface area contributed by atoms with E-state index in [1.165, 1.54) is 12.1 Å². The summed E-state index contributed by atoms with van der Waals surface area (Å²) in [5, 5.41) is 12.6. The predicted octanol–water partition coefficient (Wildman–Crippen LogP) is 3.49. The van der Waals surface area contributed by atoms with Crippen LogP contribution in [0.5, 0.6) is 11.6 Å². The first-order chi connectivity index (χ1) is 21.7. The van der Waals surface area contributed by atoms with Gasteiger partial charge in [0, 0.05) is 72.3 Å². The van der Waals surface area contributed by atoms with Crippen molar-refractivity contribution < 1.29 is 23.5 Å². The normalized spacial score (nSPS) is 15.6. The number of carbonyl (C=O) groups excluding carboxylic acids is 2. The Labute approximate surface area is 262 Å². The van der Waals surface area contributed by atoms with Gasteiger partial charge in [-0.05, 0) is 49.4 Å². The Kier molecular flexibility index (Phi) is 10.1. The molecule has 12 heteroatoms. The molecule has 2 amide bonds. The Morgan fingerprint density at radius 2 is 1.93 bits per heavy atom. The molecule has 2 aromatic heterocycles. The Balaban J connectivity index is 1.30. The van der Waals surface area contributed by atoms with Gasteiger partial charge in [-0.15, -0.1) is 0 Å². The van der Waals surface area contributed by atoms with Gasteiger partial charge in [-0.25, -0.2) is 14.4 Å². The lowest BCUT2D eigenvalue weighted by Crippen LogP contribution is -2.59. The maximum atomic E-state index is 13.7. The minimum absolute atomic E-state index is 0.0705. The summed E-state index contributed by atoms with van der Waals surface area (Å²) in [6, 6.07) is 13.5. The van der Waals surface area contributed by atoms with Gasteiger partial charge in [0.2, 0.25) is 11.8 Å². The molecule has 1 aromatic carbocycles. The van der Waals surface area contributed by atoms with Crippen LogP contribution in [0.25, 0.3) is 11.3 Å². The molecule has 0 unspecified atom stereocenters. The Bertz CT molecular complexity index is 1560. The van der Waals surface area contributed by atoms with Crippen LogP contribution in [0, 0.1) is 17.1 Å². The first kappa shape index (κ1) is 31.7. The summed E-state index contributed by atoms with van der Waals surface area (Å²) in [6.45, 7) is 5.46. The van der Waals surface area contributed by atoms with Crippen LogP contribution in [0.4, 0.5) is 10.1 Å². The zero-order valence-electron chi connectivity index (χ0n) is 25.8. The molecule has 45 heavy (non-hydrogen) atoms. The summed E-state index contributed by atoms with van der Waals surface area (Å²) in [4.78, 5) is 40.4. The molecule has 5 rings (SSSR count). The number of carbonyl (C=O) groups is 2. The molecule has 0 bridgehead atoms. The smallest absolute Gasteiger partial charge is 0.274 e. The highest BCUT2D eigenvalue weighted by Crippen LogP contribution is 2.31. The summed E-state index contributed by atoms with van der Waals surface area (Å²) >= 11 is 0. The number of piperidine rings is 1. The third-order valence-electron chi connectivity index (χ3n) is 7.99. The second-order valence-corrected chi connectivity index (χ2v) is 11.4. The number of nitrogens with zero attached hydrogens (tertiary/aromatic N) is 6. The van der Waals surface area contributed by atoms with E-state index < -0.39 is 5.82 Å². The van der Waals surface area contributed by atoms with Crippen LogP contribution in [-0.2, 0) is 4.79 Å². The molecule has 2 fully saturated rings. The van der Waals surface area contributed by atoms with Gasteiger partial charge in [0.15, 0.2) is 11.4 Å². The van der Waals surface area contributed by atoms with E-state index in [1.54, 1.807) is 49.5 Å². The second-order valence-electron chi connectivity index (χ2n) is 11.4.